The first-order chi connectivity index (χ1) is 12.7. The first-order valence-corrected chi connectivity index (χ1v) is 8.83. The predicted molar refractivity (Wildman–Crippen MR) is 99.6 cm³/mol. The highest BCUT2D eigenvalue weighted by Gasteiger charge is 2.37. The van der Waals surface area contributed by atoms with Crippen molar-refractivity contribution in [2.75, 3.05) is 32.2 Å². The van der Waals surface area contributed by atoms with Gasteiger partial charge in [0.1, 0.15) is 17.9 Å². The molecule has 0 bridgehead atoms. The Kier molecular flexibility index (Phi) is 4.46. The summed E-state index contributed by atoms with van der Waals surface area (Å²) in [6.45, 7) is 4.34. The number of rotatable bonds is 5. The number of aromatic amines is 1. The van der Waals surface area contributed by atoms with Crippen LogP contribution >= 0.6 is 0 Å². The van der Waals surface area contributed by atoms with Gasteiger partial charge in [0.15, 0.2) is 5.65 Å². The van der Waals surface area contributed by atoms with Gasteiger partial charge >= 0.3 is 0 Å². The zero-order valence-electron chi connectivity index (χ0n) is 15.1. The van der Waals surface area contributed by atoms with Crippen molar-refractivity contribution < 1.29 is 9.47 Å². The molecule has 4 rings (SSSR count). The van der Waals surface area contributed by atoms with Crippen molar-refractivity contribution >= 4 is 16.9 Å². The van der Waals surface area contributed by atoms with Gasteiger partial charge in [0.05, 0.1) is 18.7 Å². The van der Waals surface area contributed by atoms with Gasteiger partial charge in [-0.15, -0.1) is 0 Å². The molecule has 3 aromatic rings. The lowest BCUT2D eigenvalue weighted by Crippen LogP contribution is -2.40. The Morgan fingerprint density at radius 1 is 1.27 bits per heavy atom. The second kappa shape index (κ2) is 6.92. The molecule has 136 valence electrons. The summed E-state index contributed by atoms with van der Waals surface area (Å²) >= 11 is 0. The smallest absolute Gasteiger partial charge is 0.160 e. The SMILES string of the molecule is COc1ccc(C)cc1C1(CNc2ncnc3[nH]ncc23)CCOCC1. The largest absolute Gasteiger partial charge is 0.496 e. The van der Waals surface area contributed by atoms with Gasteiger partial charge in [-0.25, -0.2) is 9.97 Å². The van der Waals surface area contributed by atoms with Crippen LogP contribution in [0.1, 0.15) is 24.0 Å². The van der Waals surface area contributed by atoms with Gasteiger partial charge in [-0.2, -0.15) is 5.10 Å². The monoisotopic (exact) mass is 353 g/mol. The van der Waals surface area contributed by atoms with Crippen molar-refractivity contribution in [3.05, 3.63) is 41.9 Å². The number of H-pyrrole nitrogens is 1. The molecule has 0 amide bonds. The third kappa shape index (κ3) is 2.99. The van der Waals surface area contributed by atoms with Crippen LogP contribution in [0.4, 0.5) is 5.82 Å². The summed E-state index contributed by atoms with van der Waals surface area (Å²) in [6.07, 6.45) is 5.16. The minimum atomic E-state index is -0.0728. The minimum absolute atomic E-state index is 0.0728. The van der Waals surface area contributed by atoms with Crippen molar-refractivity contribution in [2.45, 2.75) is 25.2 Å². The van der Waals surface area contributed by atoms with E-state index in [1.165, 1.54) is 11.1 Å². The topological polar surface area (TPSA) is 85.0 Å². The van der Waals surface area contributed by atoms with E-state index in [0.717, 1.165) is 55.2 Å². The maximum Gasteiger partial charge on any atom is 0.160 e. The van der Waals surface area contributed by atoms with E-state index < -0.39 is 0 Å². The molecule has 1 aliphatic heterocycles. The van der Waals surface area contributed by atoms with E-state index in [9.17, 15) is 0 Å². The zero-order valence-corrected chi connectivity index (χ0v) is 15.1. The lowest BCUT2D eigenvalue weighted by molar-refractivity contribution is 0.0535. The van der Waals surface area contributed by atoms with Crippen molar-refractivity contribution in [3.8, 4) is 5.75 Å². The molecule has 0 radical (unpaired) electrons. The van der Waals surface area contributed by atoms with Crippen molar-refractivity contribution in [2.24, 2.45) is 0 Å². The highest BCUT2D eigenvalue weighted by molar-refractivity contribution is 5.85. The summed E-state index contributed by atoms with van der Waals surface area (Å²) in [7, 11) is 1.73. The van der Waals surface area contributed by atoms with E-state index in [0.29, 0.717) is 0 Å². The number of anilines is 1. The van der Waals surface area contributed by atoms with Gasteiger partial charge in [0, 0.05) is 30.7 Å². The van der Waals surface area contributed by atoms with Gasteiger partial charge in [0.2, 0.25) is 0 Å². The van der Waals surface area contributed by atoms with Crippen LogP contribution in [0.3, 0.4) is 0 Å². The lowest BCUT2D eigenvalue weighted by atomic mass is 9.73. The second-order valence-corrected chi connectivity index (χ2v) is 6.80. The summed E-state index contributed by atoms with van der Waals surface area (Å²) in [5.74, 6) is 1.72. The molecule has 1 fully saturated rings. The minimum Gasteiger partial charge on any atom is -0.496 e. The number of ether oxygens (including phenoxy) is 2. The summed E-state index contributed by atoms with van der Waals surface area (Å²) in [4.78, 5) is 8.61. The third-order valence-corrected chi connectivity index (χ3v) is 5.22. The van der Waals surface area contributed by atoms with E-state index in [-0.39, 0.29) is 5.41 Å². The van der Waals surface area contributed by atoms with Gasteiger partial charge in [0.25, 0.3) is 0 Å². The van der Waals surface area contributed by atoms with E-state index in [1.54, 1.807) is 19.6 Å². The summed E-state index contributed by atoms with van der Waals surface area (Å²) in [5, 5.41) is 11.4. The highest BCUT2D eigenvalue weighted by atomic mass is 16.5. The molecule has 0 spiro atoms. The van der Waals surface area contributed by atoms with E-state index in [1.807, 2.05) is 0 Å². The fourth-order valence-corrected chi connectivity index (χ4v) is 3.70. The van der Waals surface area contributed by atoms with Crippen molar-refractivity contribution in [1.29, 1.82) is 0 Å². The molecule has 7 heteroatoms. The maximum atomic E-state index is 5.68. The Morgan fingerprint density at radius 2 is 2.12 bits per heavy atom. The molecule has 0 aliphatic carbocycles. The van der Waals surface area contributed by atoms with E-state index >= 15 is 0 Å². The quantitative estimate of drug-likeness (QED) is 0.734. The summed E-state index contributed by atoms with van der Waals surface area (Å²) in [6, 6.07) is 6.38. The molecule has 3 heterocycles. The van der Waals surface area contributed by atoms with Crippen LogP contribution in [0.5, 0.6) is 5.75 Å². The van der Waals surface area contributed by atoms with Gasteiger partial charge < -0.3 is 14.8 Å². The Labute approximate surface area is 152 Å². The van der Waals surface area contributed by atoms with Crippen LogP contribution in [-0.2, 0) is 10.2 Å². The molecule has 0 saturated carbocycles. The zero-order chi connectivity index (χ0) is 18.0. The molecule has 7 nitrogen and oxygen atoms in total. The molecular formula is C19H23N5O2. The lowest BCUT2D eigenvalue weighted by Gasteiger charge is -2.39. The van der Waals surface area contributed by atoms with Gasteiger partial charge in [-0.05, 0) is 25.8 Å². The Bertz CT molecular complexity index is 902. The molecular weight excluding hydrogens is 330 g/mol. The molecule has 2 N–H and O–H groups in total. The standard InChI is InChI=1S/C19H23N5O2/c1-13-3-4-16(25-2)15(9-13)19(5-7-26-8-6-19)11-20-17-14-10-23-24-18(14)22-12-21-17/h3-4,9-10,12H,5-8,11H2,1-2H3,(H2,20,21,22,23,24). The molecule has 2 aromatic heterocycles. The van der Waals surface area contributed by atoms with Crippen LogP contribution in [0.25, 0.3) is 11.0 Å². The number of nitrogens with one attached hydrogen (secondary N) is 2. The maximum absolute atomic E-state index is 5.68. The molecule has 26 heavy (non-hydrogen) atoms. The molecule has 0 atom stereocenters. The number of aromatic nitrogens is 4. The number of nitrogens with zero attached hydrogens (tertiary/aromatic N) is 3. The summed E-state index contributed by atoms with van der Waals surface area (Å²) in [5.41, 5.74) is 3.12. The van der Waals surface area contributed by atoms with Gasteiger partial charge in [-0.3, -0.25) is 5.10 Å². The Balaban J connectivity index is 1.69. The van der Waals surface area contributed by atoms with Crippen LogP contribution in [0.2, 0.25) is 0 Å². The Hall–Kier alpha value is -2.67. The average Bonchev–Trinajstić information content (AvgIpc) is 3.16. The number of methoxy groups -OCH3 is 1. The molecule has 1 aromatic carbocycles. The van der Waals surface area contributed by atoms with E-state index in [2.05, 4.69) is 50.6 Å². The average molecular weight is 353 g/mol. The first-order valence-electron chi connectivity index (χ1n) is 8.83. The number of aryl methyl sites for hydroxylation is 1. The normalized spacial score (nSPS) is 16.5. The van der Waals surface area contributed by atoms with Crippen LogP contribution in [-0.4, -0.2) is 47.0 Å². The fourth-order valence-electron chi connectivity index (χ4n) is 3.70. The predicted octanol–water partition coefficient (Wildman–Crippen LogP) is 2.83. The van der Waals surface area contributed by atoms with Crippen LogP contribution in [0, 0.1) is 6.92 Å². The molecule has 1 saturated heterocycles. The number of benzene rings is 1. The second-order valence-electron chi connectivity index (χ2n) is 6.80. The fraction of sp³-hybridized carbons (Fsp3) is 0.421. The third-order valence-electron chi connectivity index (χ3n) is 5.22. The number of fused-ring (bicyclic) bond motifs is 1. The Morgan fingerprint density at radius 3 is 2.92 bits per heavy atom. The molecule has 1 aliphatic rings. The van der Waals surface area contributed by atoms with Gasteiger partial charge in [-0.1, -0.05) is 17.7 Å². The number of hydrogen-bond donors (Lipinski definition) is 2. The summed E-state index contributed by atoms with van der Waals surface area (Å²) < 4.78 is 11.3. The van der Waals surface area contributed by atoms with E-state index in [4.69, 9.17) is 9.47 Å². The first kappa shape index (κ1) is 16.8. The van der Waals surface area contributed by atoms with Crippen molar-refractivity contribution in [1.82, 2.24) is 20.2 Å². The number of hydrogen-bond acceptors (Lipinski definition) is 6. The van der Waals surface area contributed by atoms with Crippen molar-refractivity contribution in [3.63, 3.8) is 0 Å². The van der Waals surface area contributed by atoms with Crippen LogP contribution < -0.4 is 10.1 Å². The molecule has 0 unspecified atom stereocenters. The highest BCUT2D eigenvalue weighted by Crippen LogP contribution is 2.40. The van der Waals surface area contributed by atoms with Crippen LogP contribution in [0.15, 0.2) is 30.7 Å².